The number of hydrogen-bond acceptors (Lipinski definition) is 1. The van der Waals surface area contributed by atoms with Gasteiger partial charge in [0.2, 0.25) is 0 Å². The van der Waals surface area contributed by atoms with E-state index in [1.54, 1.807) is 7.11 Å². The number of allylic oxidation sites excluding steroid dienone is 1. The molecular formula is C17H16O. The summed E-state index contributed by atoms with van der Waals surface area (Å²) in [7, 11) is 1.71. The Balaban J connectivity index is 1.91. The van der Waals surface area contributed by atoms with Gasteiger partial charge in [-0.25, -0.2) is 0 Å². The van der Waals surface area contributed by atoms with Gasteiger partial charge in [0.05, 0.1) is 7.11 Å². The second-order valence-electron chi connectivity index (χ2n) is 4.65. The molecule has 0 N–H and O–H groups in total. The van der Waals surface area contributed by atoms with E-state index in [9.17, 15) is 0 Å². The van der Waals surface area contributed by atoms with Gasteiger partial charge in [-0.3, -0.25) is 0 Å². The van der Waals surface area contributed by atoms with Crippen molar-refractivity contribution in [3.8, 4) is 5.75 Å². The lowest BCUT2D eigenvalue weighted by Crippen LogP contribution is -2.05. The van der Waals surface area contributed by atoms with Crippen LogP contribution < -0.4 is 4.74 Å². The van der Waals surface area contributed by atoms with E-state index in [1.165, 1.54) is 16.7 Å². The molecule has 3 rings (SSSR count). The molecule has 0 spiro atoms. The van der Waals surface area contributed by atoms with Gasteiger partial charge >= 0.3 is 0 Å². The van der Waals surface area contributed by atoms with Crippen LogP contribution in [0.1, 0.15) is 22.6 Å². The lowest BCUT2D eigenvalue weighted by molar-refractivity contribution is 0.414. The largest absolute Gasteiger partial charge is 0.497 e. The van der Waals surface area contributed by atoms with Crippen LogP contribution in [-0.4, -0.2) is 7.11 Å². The summed E-state index contributed by atoms with van der Waals surface area (Å²) in [5.74, 6) is 1.42. The Hall–Kier alpha value is -2.02. The summed E-state index contributed by atoms with van der Waals surface area (Å²) in [5.41, 5.74) is 4.06. The van der Waals surface area contributed by atoms with Gasteiger partial charge in [0, 0.05) is 5.92 Å². The highest BCUT2D eigenvalue weighted by Gasteiger charge is 2.15. The number of fused-ring (bicyclic) bond motifs is 1. The number of ether oxygens (including phenoxy) is 1. The van der Waals surface area contributed by atoms with E-state index in [2.05, 4.69) is 54.6 Å². The van der Waals surface area contributed by atoms with Gasteiger partial charge in [-0.05, 0) is 35.2 Å². The quantitative estimate of drug-likeness (QED) is 0.764. The Labute approximate surface area is 108 Å². The van der Waals surface area contributed by atoms with Gasteiger partial charge < -0.3 is 4.74 Å². The third-order valence-corrected chi connectivity index (χ3v) is 3.53. The second kappa shape index (κ2) is 4.69. The van der Waals surface area contributed by atoms with Crippen molar-refractivity contribution in [2.75, 3.05) is 7.11 Å². The average molecular weight is 236 g/mol. The summed E-state index contributed by atoms with van der Waals surface area (Å²) < 4.78 is 5.26. The van der Waals surface area contributed by atoms with Crippen molar-refractivity contribution in [3.05, 3.63) is 71.3 Å². The van der Waals surface area contributed by atoms with Crippen molar-refractivity contribution in [1.29, 1.82) is 0 Å². The normalized spacial score (nSPS) is 17.3. The summed E-state index contributed by atoms with van der Waals surface area (Å²) in [6.45, 7) is 0. The van der Waals surface area contributed by atoms with Crippen LogP contribution in [0.2, 0.25) is 0 Å². The zero-order chi connectivity index (χ0) is 12.4. The van der Waals surface area contributed by atoms with Crippen molar-refractivity contribution in [2.45, 2.75) is 12.3 Å². The molecule has 1 nitrogen and oxygen atoms in total. The first-order chi connectivity index (χ1) is 8.86. The molecule has 0 bridgehead atoms. The topological polar surface area (TPSA) is 9.23 Å². The van der Waals surface area contributed by atoms with Crippen LogP contribution in [0.3, 0.4) is 0 Å². The number of rotatable bonds is 2. The lowest BCUT2D eigenvalue weighted by Gasteiger charge is -2.20. The summed E-state index contributed by atoms with van der Waals surface area (Å²) in [6.07, 6.45) is 5.57. The van der Waals surface area contributed by atoms with Gasteiger partial charge in [-0.15, -0.1) is 0 Å². The fourth-order valence-electron chi connectivity index (χ4n) is 2.50. The fourth-order valence-corrected chi connectivity index (χ4v) is 2.50. The SMILES string of the molecule is COc1ccc2c(c1)C=CC(c1ccccc1)C2. The van der Waals surface area contributed by atoms with E-state index in [1.807, 2.05) is 6.07 Å². The Bertz CT molecular complexity index is 569. The van der Waals surface area contributed by atoms with E-state index >= 15 is 0 Å². The highest BCUT2D eigenvalue weighted by Crippen LogP contribution is 2.31. The molecule has 1 aliphatic rings. The molecule has 0 radical (unpaired) electrons. The maximum atomic E-state index is 5.26. The minimum atomic E-state index is 0.493. The molecule has 0 amide bonds. The third-order valence-electron chi connectivity index (χ3n) is 3.53. The van der Waals surface area contributed by atoms with Crippen LogP contribution in [0.5, 0.6) is 5.75 Å². The molecule has 90 valence electrons. The standard InChI is InChI=1S/C17H16O/c1-18-17-10-9-15-11-14(7-8-16(15)12-17)13-5-3-2-4-6-13/h2-10,12,14H,11H2,1H3. The number of hydrogen-bond donors (Lipinski definition) is 0. The maximum absolute atomic E-state index is 5.26. The van der Waals surface area contributed by atoms with Crippen molar-refractivity contribution in [3.63, 3.8) is 0 Å². The van der Waals surface area contributed by atoms with E-state index in [0.29, 0.717) is 5.92 Å². The minimum Gasteiger partial charge on any atom is -0.497 e. The summed E-state index contributed by atoms with van der Waals surface area (Å²) in [4.78, 5) is 0. The molecule has 0 fully saturated rings. The molecular weight excluding hydrogens is 220 g/mol. The third kappa shape index (κ3) is 2.04. The van der Waals surface area contributed by atoms with Crippen LogP contribution in [0.4, 0.5) is 0 Å². The highest BCUT2D eigenvalue weighted by molar-refractivity contribution is 5.60. The van der Waals surface area contributed by atoms with E-state index in [0.717, 1.165) is 12.2 Å². The molecule has 2 aromatic rings. The van der Waals surface area contributed by atoms with Gasteiger partial charge in [-0.2, -0.15) is 0 Å². The Morgan fingerprint density at radius 1 is 1.06 bits per heavy atom. The van der Waals surface area contributed by atoms with Crippen LogP contribution in [0.25, 0.3) is 6.08 Å². The maximum Gasteiger partial charge on any atom is 0.119 e. The molecule has 1 unspecified atom stereocenters. The van der Waals surface area contributed by atoms with Crippen molar-refractivity contribution < 1.29 is 4.74 Å². The zero-order valence-corrected chi connectivity index (χ0v) is 10.5. The van der Waals surface area contributed by atoms with Crippen molar-refractivity contribution >= 4 is 6.08 Å². The number of benzene rings is 2. The van der Waals surface area contributed by atoms with Gasteiger partial charge in [0.1, 0.15) is 5.75 Å². The van der Waals surface area contributed by atoms with Crippen LogP contribution in [0, 0.1) is 0 Å². The summed E-state index contributed by atoms with van der Waals surface area (Å²) in [5, 5.41) is 0. The van der Waals surface area contributed by atoms with Gasteiger partial charge in [0.25, 0.3) is 0 Å². The monoisotopic (exact) mass is 236 g/mol. The predicted molar refractivity (Wildman–Crippen MR) is 74.9 cm³/mol. The first kappa shape index (κ1) is 11.1. The Morgan fingerprint density at radius 2 is 1.89 bits per heavy atom. The molecule has 1 aliphatic carbocycles. The second-order valence-corrected chi connectivity index (χ2v) is 4.65. The van der Waals surface area contributed by atoms with E-state index in [-0.39, 0.29) is 0 Å². The van der Waals surface area contributed by atoms with Crippen LogP contribution in [0.15, 0.2) is 54.6 Å². The molecule has 18 heavy (non-hydrogen) atoms. The summed E-state index contributed by atoms with van der Waals surface area (Å²) in [6, 6.07) is 17.0. The van der Waals surface area contributed by atoms with Crippen molar-refractivity contribution in [1.82, 2.24) is 0 Å². The first-order valence-corrected chi connectivity index (χ1v) is 6.27. The average Bonchev–Trinajstić information content (AvgIpc) is 2.47. The zero-order valence-electron chi connectivity index (χ0n) is 10.5. The lowest BCUT2D eigenvalue weighted by atomic mass is 9.85. The van der Waals surface area contributed by atoms with Gasteiger partial charge in [0.15, 0.2) is 0 Å². The minimum absolute atomic E-state index is 0.493. The van der Waals surface area contributed by atoms with Crippen LogP contribution in [-0.2, 0) is 6.42 Å². The molecule has 0 saturated heterocycles. The van der Waals surface area contributed by atoms with E-state index < -0.39 is 0 Å². The fraction of sp³-hybridized carbons (Fsp3) is 0.176. The highest BCUT2D eigenvalue weighted by atomic mass is 16.5. The Morgan fingerprint density at radius 3 is 2.67 bits per heavy atom. The van der Waals surface area contributed by atoms with Crippen molar-refractivity contribution in [2.24, 2.45) is 0 Å². The molecule has 0 heterocycles. The number of methoxy groups -OCH3 is 1. The Kier molecular flexibility index (Phi) is 2.89. The molecule has 1 heteroatoms. The smallest absolute Gasteiger partial charge is 0.119 e. The van der Waals surface area contributed by atoms with Gasteiger partial charge in [-0.1, -0.05) is 48.6 Å². The molecule has 2 aromatic carbocycles. The predicted octanol–water partition coefficient (Wildman–Crippen LogP) is 4.05. The molecule has 0 saturated carbocycles. The molecule has 0 aliphatic heterocycles. The molecule has 0 aromatic heterocycles. The van der Waals surface area contributed by atoms with Crippen LogP contribution >= 0.6 is 0 Å². The van der Waals surface area contributed by atoms with E-state index in [4.69, 9.17) is 4.74 Å². The molecule has 1 atom stereocenters. The first-order valence-electron chi connectivity index (χ1n) is 6.27. The summed E-state index contributed by atoms with van der Waals surface area (Å²) >= 11 is 0.